The van der Waals surface area contributed by atoms with Gasteiger partial charge < -0.3 is 0 Å². The molecule has 1 radical (unpaired) electrons. The molecule has 0 amide bonds. The monoisotopic (exact) mass is 161 g/mol. The zero-order valence-electron chi connectivity index (χ0n) is 8.01. The van der Waals surface area contributed by atoms with Crippen molar-refractivity contribution in [1.82, 2.24) is 0 Å². The van der Waals surface area contributed by atoms with Crippen molar-refractivity contribution in [3.8, 4) is 0 Å². The van der Waals surface area contributed by atoms with Gasteiger partial charge in [0.25, 0.3) is 0 Å². The molecule has 0 saturated heterocycles. The van der Waals surface area contributed by atoms with Crippen molar-refractivity contribution in [2.45, 2.75) is 33.1 Å². The van der Waals surface area contributed by atoms with Crippen LogP contribution in [-0.4, -0.2) is 0 Å². The number of aryl methyl sites for hydroxylation is 1. The Hall–Kier alpha value is -0.780. The number of unbranched alkanes of at least 4 members (excludes halogenated alkanes) is 1. The molecule has 0 aliphatic carbocycles. The van der Waals surface area contributed by atoms with Crippen molar-refractivity contribution < 1.29 is 0 Å². The molecule has 0 saturated carbocycles. The number of hydrogen-bond acceptors (Lipinski definition) is 0. The summed E-state index contributed by atoms with van der Waals surface area (Å²) >= 11 is 0. The lowest BCUT2D eigenvalue weighted by Gasteiger charge is -2.05. The molecule has 0 bridgehead atoms. The third-order valence-corrected chi connectivity index (χ3v) is 2.17. The van der Waals surface area contributed by atoms with Gasteiger partial charge in [-0.2, -0.15) is 0 Å². The topological polar surface area (TPSA) is 0 Å². The summed E-state index contributed by atoms with van der Waals surface area (Å²) in [5.41, 5.74) is 2.88. The van der Waals surface area contributed by atoms with Gasteiger partial charge in [-0.15, -0.1) is 0 Å². The first-order valence-electron chi connectivity index (χ1n) is 4.75. The van der Waals surface area contributed by atoms with Crippen molar-refractivity contribution in [2.24, 2.45) is 0 Å². The summed E-state index contributed by atoms with van der Waals surface area (Å²) < 4.78 is 0. The van der Waals surface area contributed by atoms with Gasteiger partial charge in [-0.05, 0) is 30.4 Å². The van der Waals surface area contributed by atoms with Gasteiger partial charge in [0.2, 0.25) is 0 Å². The summed E-state index contributed by atoms with van der Waals surface area (Å²) in [6.07, 6.45) is 5.98. The van der Waals surface area contributed by atoms with E-state index in [1.165, 1.54) is 30.4 Å². The van der Waals surface area contributed by atoms with Crippen molar-refractivity contribution in [1.29, 1.82) is 0 Å². The number of hydrogen-bond donors (Lipinski definition) is 0. The standard InChI is InChI=1S/C12H17/c1-3-5-8-12-10-7-6-9-11(12)4-2/h4,6-7,9-10H,3,5,8H2,1-2H3. The Morgan fingerprint density at radius 3 is 2.67 bits per heavy atom. The van der Waals surface area contributed by atoms with Crippen LogP contribution in [0, 0.1) is 6.42 Å². The fourth-order valence-electron chi connectivity index (χ4n) is 1.41. The zero-order valence-corrected chi connectivity index (χ0v) is 8.01. The lowest BCUT2D eigenvalue weighted by atomic mass is 10.0. The van der Waals surface area contributed by atoms with Crippen molar-refractivity contribution in [3.63, 3.8) is 0 Å². The fourth-order valence-corrected chi connectivity index (χ4v) is 1.41. The van der Waals surface area contributed by atoms with E-state index in [2.05, 4.69) is 44.5 Å². The van der Waals surface area contributed by atoms with E-state index < -0.39 is 0 Å². The minimum Gasteiger partial charge on any atom is -0.0654 e. The van der Waals surface area contributed by atoms with Gasteiger partial charge in [0.15, 0.2) is 0 Å². The summed E-state index contributed by atoms with van der Waals surface area (Å²) in [6, 6.07) is 8.64. The second kappa shape index (κ2) is 4.97. The Morgan fingerprint density at radius 2 is 2.00 bits per heavy atom. The van der Waals surface area contributed by atoms with Crippen LogP contribution < -0.4 is 0 Å². The number of rotatable bonds is 4. The van der Waals surface area contributed by atoms with Gasteiger partial charge in [0, 0.05) is 0 Å². The van der Waals surface area contributed by atoms with E-state index in [0.717, 1.165) is 0 Å². The smallest absolute Gasteiger partial charge is 0.0121 e. The molecule has 1 aromatic rings. The van der Waals surface area contributed by atoms with E-state index >= 15 is 0 Å². The lowest BCUT2D eigenvalue weighted by molar-refractivity contribution is 0.792. The molecule has 12 heavy (non-hydrogen) atoms. The Bertz CT molecular complexity index is 225. The summed E-state index contributed by atoms with van der Waals surface area (Å²) in [4.78, 5) is 0. The summed E-state index contributed by atoms with van der Waals surface area (Å²) in [6.45, 7) is 4.34. The van der Waals surface area contributed by atoms with E-state index in [9.17, 15) is 0 Å². The molecular formula is C12H17. The predicted octanol–water partition coefficient (Wildman–Crippen LogP) is 3.60. The van der Waals surface area contributed by atoms with Crippen molar-refractivity contribution in [2.75, 3.05) is 0 Å². The van der Waals surface area contributed by atoms with Gasteiger partial charge in [-0.25, -0.2) is 0 Å². The maximum absolute atomic E-state index is 2.23. The first kappa shape index (κ1) is 9.31. The first-order valence-corrected chi connectivity index (χ1v) is 4.75. The third-order valence-electron chi connectivity index (χ3n) is 2.17. The maximum atomic E-state index is 2.23. The highest BCUT2D eigenvalue weighted by molar-refractivity contribution is 5.32. The Labute approximate surface area is 75.6 Å². The van der Waals surface area contributed by atoms with E-state index in [1.54, 1.807) is 0 Å². The van der Waals surface area contributed by atoms with Crippen LogP contribution in [0.15, 0.2) is 24.3 Å². The lowest BCUT2D eigenvalue weighted by Crippen LogP contribution is -1.90. The minimum atomic E-state index is 1.22. The largest absolute Gasteiger partial charge is 0.0654 e. The SMILES string of the molecule is C[CH]c1ccccc1CCCC. The van der Waals surface area contributed by atoms with Crippen LogP contribution in [0.5, 0.6) is 0 Å². The van der Waals surface area contributed by atoms with Gasteiger partial charge >= 0.3 is 0 Å². The van der Waals surface area contributed by atoms with Crippen molar-refractivity contribution >= 4 is 0 Å². The van der Waals surface area contributed by atoms with E-state index in [-0.39, 0.29) is 0 Å². The van der Waals surface area contributed by atoms with Crippen LogP contribution >= 0.6 is 0 Å². The van der Waals surface area contributed by atoms with Gasteiger partial charge in [0.1, 0.15) is 0 Å². The van der Waals surface area contributed by atoms with Crippen molar-refractivity contribution in [3.05, 3.63) is 41.8 Å². The zero-order chi connectivity index (χ0) is 8.81. The van der Waals surface area contributed by atoms with Crippen LogP contribution in [0.1, 0.15) is 37.8 Å². The Kier molecular flexibility index (Phi) is 3.86. The molecule has 1 aromatic carbocycles. The van der Waals surface area contributed by atoms with Gasteiger partial charge in [-0.3, -0.25) is 0 Å². The summed E-state index contributed by atoms with van der Waals surface area (Å²) in [5, 5.41) is 0. The van der Waals surface area contributed by atoms with Crippen LogP contribution in [0.25, 0.3) is 0 Å². The number of benzene rings is 1. The summed E-state index contributed by atoms with van der Waals surface area (Å²) in [5.74, 6) is 0. The van der Waals surface area contributed by atoms with E-state index in [4.69, 9.17) is 0 Å². The molecule has 0 unspecified atom stereocenters. The second-order valence-electron chi connectivity index (χ2n) is 3.09. The average Bonchev–Trinajstić information content (AvgIpc) is 2.15. The highest BCUT2D eigenvalue weighted by Crippen LogP contribution is 2.13. The first-order chi connectivity index (χ1) is 5.88. The molecule has 0 nitrogen and oxygen atoms in total. The molecule has 0 heterocycles. The predicted molar refractivity (Wildman–Crippen MR) is 54.1 cm³/mol. The van der Waals surface area contributed by atoms with Crippen LogP contribution in [0.3, 0.4) is 0 Å². The Morgan fingerprint density at radius 1 is 1.25 bits per heavy atom. The molecule has 0 heteroatoms. The molecule has 0 atom stereocenters. The molecule has 0 spiro atoms. The van der Waals surface area contributed by atoms with Crippen LogP contribution in [0.2, 0.25) is 0 Å². The minimum absolute atomic E-state index is 1.22. The average molecular weight is 161 g/mol. The van der Waals surface area contributed by atoms with Gasteiger partial charge in [0.05, 0.1) is 0 Å². The third kappa shape index (κ3) is 2.37. The van der Waals surface area contributed by atoms with Crippen LogP contribution in [0.4, 0.5) is 0 Å². The van der Waals surface area contributed by atoms with E-state index in [1.807, 2.05) is 0 Å². The fraction of sp³-hybridized carbons (Fsp3) is 0.417. The second-order valence-corrected chi connectivity index (χ2v) is 3.09. The highest BCUT2D eigenvalue weighted by atomic mass is 14.0. The normalized spacial score (nSPS) is 10.2. The molecular weight excluding hydrogens is 144 g/mol. The quantitative estimate of drug-likeness (QED) is 0.633. The Balaban J connectivity index is 2.68. The molecule has 0 N–H and O–H groups in total. The van der Waals surface area contributed by atoms with Crippen LogP contribution in [-0.2, 0) is 6.42 Å². The highest BCUT2D eigenvalue weighted by Gasteiger charge is 1.97. The molecule has 0 aliphatic rings. The molecule has 65 valence electrons. The molecule has 1 rings (SSSR count). The van der Waals surface area contributed by atoms with E-state index in [0.29, 0.717) is 0 Å². The molecule has 0 aliphatic heterocycles. The molecule has 0 aromatic heterocycles. The summed E-state index contributed by atoms with van der Waals surface area (Å²) in [7, 11) is 0. The molecule has 0 fully saturated rings. The maximum Gasteiger partial charge on any atom is -0.0121 e. The van der Waals surface area contributed by atoms with Gasteiger partial charge in [-0.1, -0.05) is 44.5 Å².